The minimum atomic E-state index is -2.02. The second kappa shape index (κ2) is 21.3. The summed E-state index contributed by atoms with van der Waals surface area (Å²) in [5.41, 5.74) is -2.59. The molecule has 6 unspecified atom stereocenters. The Hall–Kier alpha value is -2.15. The smallest absolute Gasteiger partial charge is 0.335 e. The Labute approximate surface area is 357 Å². The van der Waals surface area contributed by atoms with Crippen molar-refractivity contribution in [1.29, 1.82) is 0 Å². The number of thioether (sulfide) groups is 1. The van der Waals surface area contributed by atoms with Crippen LogP contribution >= 0.6 is 11.8 Å². The fourth-order valence-electron chi connectivity index (χ4n) is 8.55. The molecule has 0 aromatic carbocycles. The maximum absolute atomic E-state index is 13.7. The minimum absolute atomic E-state index is 0.0705. The van der Waals surface area contributed by atoms with E-state index in [1.54, 1.807) is 67.5 Å². The zero-order valence-corrected chi connectivity index (χ0v) is 39.6. The van der Waals surface area contributed by atoms with Crippen LogP contribution in [0.2, 0.25) is 0 Å². The molecular weight excluding hydrogens is 785 g/mol. The van der Waals surface area contributed by atoms with E-state index in [4.69, 9.17) is 56.8 Å². The van der Waals surface area contributed by atoms with Gasteiger partial charge in [-0.2, -0.15) is 0 Å². The predicted molar refractivity (Wildman–Crippen MR) is 226 cm³/mol. The third-order valence-corrected chi connectivity index (χ3v) is 12.0. The quantitative estimate of drug-likeness (QED) is 0.0359. The summed E-state index contributed by atoms with van der Waals surface area (Å²) >= 11 is 1.13. The summed E-state index contributed by atoms with van der Waals surface area (Å²) < 4.78 is 81.5. The van der Waals surface area contributed by atoms with Crippen LogP contribution in [0.4, 0.5) is 0 Å². The second-order valence-electron chi connectivity index (χ2n) is 14.3. The number of esters is 2. The lowest BCUT2D eigenvalue weighted by Gasteiger charge is -2.66. The summed E-state index contributed by atoms with van der Waals surface area (Å²) in [5.74, 6) is -9.39. The molecule has 0 radical (unpaired) electrons. The van der Waals surface area contributed by atoms with Gasteiger partial charge in [-0.3, -0.25) is 0 Å². The van der Waals surface area contributed by atoms with Gasteiger partial charge in [0.05, 0.1) is 0 Å². The van der Waals surface area contributed by atoms with Crippen molar-refractivity contribution in [3.05, 3.63) is 47.6 Å². The standard InChI is InChI=1S/C44H74O14S/c1-19-47-37(17)41(51-23-5,57-35(45)31(11)12)33(15)29-39(49-21-3,43(37,53-25-7)54-26-8)59-40(50-22-4)30-34(16)42(52-24-6,58-36(46)32(13)14)38(18,48-20-2)44(40,55-27-9)56-28-10/h29-30H,11,13,19-28H2,1-10,12,14-18H3. The molecule has 59 heavy (non-hydrogen) atoms. The molecule has 0 amide bonds. The first-order valence-electron chi connectivity index (χ1n) is 21.0. The van der Waals surface area contributed by atoms with Gasteiger partial charge >= 0.3 is 11.9 Å². The Kier molecular flexibility index (Phi) is 19.1. The molecule has 0 aromatic heterocycles. The molecular formula is C44H74O14S. The van der Waals surface area contributed by atoms with Crippen LogP contribution in [0.15, 0.2) is 47.6 Å². The summed E-state index contributed by atoms with van der Waals surface area (Å²) in [6.07, 6.45) is 3.54. The molecule has 0 bridgehead atoms. The zero-order valence-electron chi connectivity index (χ0n) is 38.8. The number of carbonyl (C=O) groups is 2. The topological polar surface area (TPSA) is 145 Å². The van der Waals surface area contributed by atoms with E-state index in [1.807, 2.05) is 55.4 Å². The molecule has 0 saturated heterocycles. The highest BCUT2D eigenvalue weighted by molar-refractivity contribution is 8.02. The normalized spacial score (nSPS) is 31.3. The molecule has 0 aliphatic heterocycles. The van der Waals surface area contributed by atoms with Gasteiger partial charge in [-0.15, -0.1) is 0 Å². The number of hydrogen-bond donors (Lipinski definition) is 0. The molecule has 2 aliphatic rings. The van der Waals surface area contributed by atoms with Crippen LogP contribution in [-0.4, -0.2) is 122 Å². The average Bonchev–Trinajstić information content (AvgIpc) is 3.15. The van der Waals surface area contributed by atoms with Crippen molar-refractivity contribution >= 4 is 23.7 Å². The number of hydrogen-bond acceptors (Lipinski definition) is 15. The summed E-state index contributed by atoms with van der Waals surface area (Å²) in [4.78, 5) is 23.8. The number of rotatable bonds is 26. The molecule has 0 saturated carbocycles. The van der Waals surface area contributed by atoms with E-state index >= 15 is 0 Å². The zero-order chi connectivity index (χ0) is 45.1. The monoisotopic (exact) mass is 858 g/mol. The van der Waals surface area contributed by atoms with E-state index in [0.29, 0.717) is 11.1 Å². The van der Waals surface area contributed by atoms with E-state index in [1.165, 1.54) is 0 Å². The van der Waals surface area contributed by atoms with Crippen molar-refractivity contribution < 1.29 is 66.4 Å². The lowest BCUT2D eigenvalue weighted by atomic mass is 9.72. The first-order chi connectivity index (χ1) is 27.7. The summed E-state index contributed by atoms with van der Waals surface area (Å²) in [5, 5.41) is 0. The highest BCUT2D eigenvalue weighted by atomic mass is 32.2. The summed E-state index contributed by atoms with van der Waals surface area (Å²) in [7, 11) is 0. The molecule has 14 nitrogen and oxygen atoms in total. The lowest BCUT2D eigenvalue weighted by molar-refractivity contribution is -0.434. The Morgan fingerprint density at radius 2 is 0.729 bits per heavy atom. The van der Waals surface area contributed by atoms with Crippen molar-refractivity contribution in [3.63, 3.8) is 0 Å². The van der Waals surface area contributed by atoms with Gasteiger partial charge in [0.1, 0.15) is 0 Å². The third-order valence-electron chi connectivity index (χ3n) is 10.4. The van der Waals surface area contributed by atoms with Crippen molar-refractivity contribution in [2.24, 2.45) is 0 Å². The molecule has 0 fully saturated rings. The molecule has 0 heterocycles. The molecule has 0 spiro atoms. The van der Waals surface area contributed by atoms with E-state index in [-0.39, 0.29) is 77.2 Å². The van der Waals surface area contributed by atoms with Gasteiger partial charge in [0.25, 0.3) is 11.6 Å². The molecule has 0 N–H and O–H groups in total. The molecule has 6 atom stereocenters. The van der Waals surface area contributed by atoms with Crippen LogP contribution in [-0.2, 0) is 66.4 Å². The van der Waals surface area contributed by atoms with E-state index < -0.39 is 56.2 Å². The fourth-order valence-corrected chi connectivity index (χ4v) is 10.7. The van der Waals surface area contributed by atoms with E-state index in [2.05, 4.69) is 13.2 Å². The minimum Gasteiger partial charge on any atom is -0.422 e. The van der Waals surface area contributed by atoms with Crippen LogP contribution in [0.1, 0.15) is 111 Å². The van der Waals surface area contributed by atoms with Crippen LogP contribution < -0.4 is 0 Å². The van der Waals surface area contributed by atoms with Gasteiger partial charge in [-0.25, -0.2) is 9.59 Å². The van der Waals surface area contributed by atoms with Crippen LogP contribution in [0, 0.1) is 0 Å². The Morgan fingerprint density at radius 1 is 0.475 bits per heavy atom. The van der Waals surface area contributed by atoms with Gasteiger partial charge in [0.2, 0.25) is 11.6 Å². The van der Waals surface area contributed by atoms with Gasteiger partial charge in [-0.1, -0.05) is 24.9 Å². The predicted octanol–water partition coefficient (Wildman–Crippen LogP) is 7.94. The third kappa shape index (κ3) is 8.52. The second-order valence-corrected chi connectivity index (χ2v) is 15.7. The van der Waals surface area contributed by atoms with Crippen molar-refractivity contribution in [1.82, 2.24) is 0 Å². The Balaban J connectivity index is 3.57. The van der Waals surface area contributed by atoms with Gasteiger partial charge in [0.15, 0.2) is 21.1 Å². The molecule has 0 aromatic rings. The SMILES string of the molecule is C=C(C)C(=O)OC1(OCC)C(C)=CC(OCC)(SC2(OCC)C=C(C)C(OCC)(OC(=O)C(=C)C)C(C)(OCC)C2(OCC)OCC)C(OCC)(OCC)C1(C)OCC. The molecule has 2 aliphatic carbocycles. The summed E-state index contributed by atoms with van der Waals surface area (Å²) in [6, 6.07) is 0. The number of carbonyl (C=O) groups excluding carboxylic acids is 2. The Bertz CT molecular complexity index is 1410. The maximum atomic E-state index is 13.7. The van der Waals surface area contributed by atoms with Gasteiger partial charge < -0.3 is 56.8 Å². The van der Waals surface area contributed by atoms with E-state index in [9.17, 15) is 9.59 Å². The van der Waals surface area contributed by atoms with Gasteiger partial charge in [0, 0.05) is 88.4 Å². The van der Waals surface area contributed by atoms with Crippen LogP contribution in [0.5, 0.6) is 0 Å². The van der Waals surface area contributed by atoms with Crippen molar-refractivity contribution in [2.75, 3.05) is 66.1 Å². The highest BCUT2D eigenvalue weighted by Gasteiger charge is 2.84. The van der Waals surface area contributed by atoms with Crippen molar-refractivity contribution in [3.8, 4) is 0 Å². The lowest BCUT2D eigenvalue weighted by Crippen LogP contribution is -2.84. The van der Waals surface area contributed by atoms with Crippen LogP contribution in [0.25, 0.3) is 0 Å². The highest BCUT2D eigenvalue weighted by Crippen LogP contribution is 2.67. The number of ether oxygens (including phenoxy) is 12. The summed E-state index contributed by atoms with van der Waals surface area (Å²) in [6.45, 7) is 36.8. The Morgan fingerprint density at radius 3 is 0.949 bits per heavy atom. The first kappa shape index (κ1) is 53.0. The molecule has 15 heteroatoms. The van der Waals surface area contributed by atoms with Gasteiger partial charge in [-0.05, 0) is 123 Å². The van der Waals surface area contributed by atoms with Crippen molar-refractivity contribution in [2.45, 2.75) is 155 Å². The van der Waals surface area contributed by atoms with E-state index in [0.717, 1.165) is 11.8 Å². The molecule has 340 valence electrons. The van der Waals surface area contributed by atoms with Crippen LogP contribution in [0.3, 0.4) is 0 Å². The maximum Gasteiger partial charge on any atom is 0.335 e. The fraction of sp³-hybridized carbons (Fsp3) is 0.773. The average molecular weight is 859 g/mol. The molecule has 2 rings (SSSR count). The first-order valence-corrected chi connectivity index (χ1v) is 21.8. The largest absolute Gasteiger partial charge is 0.422 e.